The number of esters is 1. The SMILES string of the molecule is CCCCOc1ccc(C(=O)NCC(=O)OCC(=O)NCC2(N3CCOCC3)CCCCC2)cc1. The number of carbonyl (C=O) groups excluding carboxylic acids is 3. The number of carbonyl (C=O) groups is 3. The Kier molecular flexibility index (Phi) is 10.8. The van der Waals surface area contributed by atoms with Gasteiger partial charge in [0, 0.05) is 30.7 Å². The summed E-state index contributed by atoms with van der Waals surface area (Å²) in [6.45, 7) is 5.78. The second kappa shape index (κ2) is 14.0. The minimum Gasteiger partial charge on any atom is -0.494 e. The van der Waals surface area contributed by atoms with Crippen molar-refractivity contribution >= 4 is 17.8 Å². The number of hydrogen-bond acceptors (Lipinski definition) is 7. The second-order valence-electron chi connectivity index (χ2n) is 9.23. The molecule has 3 rings (SSSR count). The lowest BCUT2D eigenvalue weighted by Gasteiger charge is -2.48. The maximum absolute atomic E-state index is 12.4. The second-order valence-corrected chi connectivity index (χ2v) is 9.23. The molecule has 1 heterocycles. The Morgan fingerprint density at radius 2 is 1.74 bits per heavy atom. The molecule has 0 unspecified atom stereocenters. The topological polar surface area (TPSA) is 106 Å². The molecule has 9 heteroatoms. The van der Waals surface area contributed by atoms with Gasteiger partial charge < -0.3 is 24.8 Å². The van der Waals surface area contributed by atoms with E-state index in [0.29, 0.717) is 24.5 Å². The monoisotopic (exact) mass is 489 g/mol. The zero-order valence-corrected chi connectivity index (χ0v) is 20.8. The van der Waals surface area contributed by atoms with Crippen LogP contribution in [-0.2, 0) is 19.1 Å². The molecule has 0 spiro atoms. The van der Waals surface area contributed by atoms with Gasteiger partial charge in [-0.15, -0.1) is 0 Å². The zero-order chi connectivity index (χ0) is 24.9. The maximum Gasteiger partial charge on any atom is 0.325 e. The van der Waals surface area contributed by atoms with Crippen molar-refractivity contribution in [2.45, 2.75) is 57.4 Å². The van der Waals surface area contributed by atoms with Crippen molar-refractivity contribution in [2.75, 3.05) is 52.6 Å². The maximum atomic E-state index is 12.4. The van der Waals surface area contributed by atoms with Gasteiger partial charge in [0.1, 0.15) is 12.3 Å². The molecule has 2 aliphatic rings. The molecular formula is C26H39N3O6. The van der Waals surface area contributed by atoms with E-state index in [0.717, 1.165) is 64.8 Å². The molecule has 1 aromatic rings. The number of nitrogens with zero attached hydrogens (tertiary/aromatic N) is 1. The van der Waals surface area contributed by atoms with Gasteiger partial charge >= 0.3 is 5.97 Å². The summed E-state index contributed by atoms with van der Waals surface area (Å²) in [6.07, 6.45) is 7.63. The predicted molar refractivity (Wildman–Crippen MR) is 131 cm³/mol. The molecule has 0 bridgehead atoms. The summed E-state index contributed by atoms with van der Waals surface area (Å²) in [6, 6.07) is 6.74. The van der Waals surface area contributed by atoms with Crippen molar-refractivity contribution in [3.63, 3.8) is 0 Å². The van der Waals surface area contributed by atoms with Crippen LogP contribution >= 0.6 is 0 Å². The fourth-order valence-electron chi connectivity index (χ4n) is 4.66. The highest BCUT2D eigenvalue weighted by Gasteiger charge is 2.38. The average Bonchev–Trinajstić information content (AvgIpc) is 2.91. The minimum atomic E-state index is -0.659. The summed E-state index contributed by atoms with van der Waals surface area (Å²) in [7, 11) is 0. The Bertz CT molecular complexity index is 817. The normalized spacial score (nSPS) is 17.9. The first kappa shape index (κ1) is 26.9. The Hall–Kier alpha value is -2.65. The number of ether oxygens (including phenoxy) is 3. The highest BCUT2D eigenvalue weighted by molar-refractivity contribution is 5.96. The van der Waals surface area contributed by atoms with E-state index in [1.165, 1.54) is 6.42 Å². The van der Waals surface area contributed by atoms with Gasteiger partial charge in [-0.25, -0.2) is 0 Å². The quantitative estimate of drug-likeness (QED) is 0.343. The first-order valence-corrected chi connectivity index (χ1v) is 12.8. The lowest BCUT2D eigenvalue weighted by molar-refractivity contribution is -0.147. The van der Waals surface area contributed by atoms with Crippen LogP contribution in [0.15, 0.2) is 24.3 Å². The minimum absolute atomic E-state index is 0.0493. The molecule has 1 aliphatic heterocycles. The molecule has 2 fully saturated rings. The lowest BCUT2D eigenvalue weighted by Crippen LogP contribution is -2.59. The van der Waals surface area contributed by atoms with Crippen molar-refractivity contribution in [3.05, 3.63) is 29.8 Å². The van der Waals surface area contributed by atoms with Crippen molar-refractivity contribution in [3.8, 4) is 5.75 Å². The Morgan fingerprint density at radius 1 is 1.03 bits per heavy atom. The van der Waals surface area contributed by atoms with Gasteiger partial charge in [-0.3, -0.25) is 19.3 Å². The van der Waals surface area contributed by atoms with E-state index in [9.17, 15) is 14.4 Å². The molecule has 2 N–H and O–H groups in total. The molecule has 1 saturated carbocycles. The average molecular weight is 490 g/mol. The lowest BCUT2D eigenvalue weighted by atomic mass is 9.79. The number of rotatable bonds is 12. The van der Waals surface area contributed by atoms with Gasteiger partial charge in [0.05, 0.1) is 19.8 Å². The Labute approximate surface area is 207 Å². The van der Waals surface area contributed by atoms with E-state index in [2.05, 4.69) is 22.5 Å². The van der Waals surface area contributed by atoms with Gasteiger partial charge in [0.25, 0.3) is 11.8 Å². The zero-order valence-electron chi connectivity index (χ0n) is 20.8. The van der Waals surface area contributed by atoms with Crippen LogP contribution in [0.1, 0.15) is 62.2 Å². The fraction of sp³-hybridized carbons (Fsp3) is 0.654. The number of benzene rings is 1. The van der Waals surface area contributed by atoms with Crippen LogP contribution in [0.5, 0.6) is 5.75 Å². The van der Waals surface area contributed by atoms with Gasteiger partial charge in [-0.1, -0.05) is 32.6 Å². The number of nitrogens with one attached hydrogen (secondary N) is 2. The number of morpholine rings is 1. The first-order chi connectivity index (χ1) is 17.0. The molecular weight excluding hydrogens is 450 g/mol. The van der Waals surface area contributed by atoms with Crippen LogP contribution in [0.2, 0.25) is 0 Å². The number of amides is 2. The molecule has 194 valence electrons. The van der Waals surface area contributed by atoms with Crippen LogP contribution < -0.4 is 15.4 Å². The summed E-state index contributed by atoms with van der Waals surface area (Å²) in [4.78, 5) is 39.1. The van der Waals surface area contributed by atoms with Crippen LogP contribution in [-0.4, -0.2) is 80.8 Å². The van der Waals surface area contributed by atoms with Crippen LogP contribution in [0.25, 0.3) is 0 Å². The number of unbranched alkanes of at least 4 members (excludes halogenated alkanes) is 1. The van der Waals surface area contributed by atoms with Crippen molar-refractivity contribution in [1.29, 1.82) is 0 Å². The van der Waals surface area contributed by atoms with E-state index in [-0.39, 0.29) is 24.6 Å². The van der Waals surface area contributed by atoms with Gasteiger partial charge in [-0.05, 0) is 43.5 Å². The molecule has 35 heavy (non-hydrogen) atoms. The van der Waals surface area contributed by atoms with Crippen LogP contribution in [0.4, 0.5) is 0 Å². The van der Waals surface area contributed by atoms with Gasteiger partial charge in [-0.2, -0.15) is 0 Å². The highest BCUT2D eigenvalue weighted by atomic mass is 16.5. The molecule has 1 aromatic carbocycles. The molecule has 9 nitrogen and oxygen atoms in total. The first-order valence-electron chi connectivity index (χ1n) is 12.8. The smallest absolute Gasteiger partial charge is 0.325 e. The van der Waals surface area contributed by atoms with Gasteiger partial charge in [0.2, 0.25) is 0 Å². The van der Waals surface area contributed by atoms with Gasteiger partial charge in [0.15, 0.2) is 6.61 Å². The predicted octanol–water partition coefficient (Wildman–Crippen LogP) is 2.29. The molecule has 0 atom stereocenters. The molecule has 2 amide bonds. The third-order valence-corrected chi connectivity index (χ3v) is 6.72. The summed E-state index contributed by atoms with van der Waals surface area (Å²) < 4.78 is 16.1. The van der Waals surface area contributed by atoms with Crippen molar-refractivity contribution in [1.82, 2.24) is 15.5 Å². The fourth-order valence-corrected chi connectivity index (χ4v) is 4.66. The molecule has 0 radical (unpaired) electrons. The summed E-state index contributed by atoms with van der Waals surface area (Å²) in [5.41, 5.74) is 0.367. The van der Waals surface area contributed by atoms with E-state index in [1.54, 1.807) is 24.3 Å². The Morgan fingerprint density at radius 3 is 2.43 bits per heavy atom. The third kappa shape index (κ3) is 8.50. The molecule has 1 saturated heterocycles. The van der Waals surface area contributed by atoms with Crippen molar-refractivity contribution < 1.29 is 28.6 Å². The van der Waals surface area contributed by atoms with Crippen LogP contribution in [0, 0.1) is 0 Å². The van der Waals surface area contributed by atoms with E-state index in [4.69, 9.17) is 14.2 Å². The molecule has 0 aromatic heterocycles. The van der Waals surface area contributed by atoms with E-state index in [1.807, 2.05) is 0 Å². The Balaban J connectivity index is 1.36. The standard InChI is InChI=1S/C26H39N3O6/c1-2-3-15-34-22-9-7-21(8-10-22)25(32)27-18-24(31)35-19-23(30)28-20-26(11-5-4-6-12-26)29-13-16-33-17-14-29/h7-10H,2-6,11-20H2,1H3,(H,27,32)(H,28,30). The van der Waals surface area contributed by atoms with Crippen molar-refractivity contribution in [2.24, 2.45) is 0 Å². The summed E-state index contributed by atoms with van der Waals surface area (Å²) in [5.74, 6) is -0.685. The summed E-state index contributed by atoms with van der Waals surface area (Å²) in [5, 5.41) is 5.48. The molecule has 1 aliphatic carbocycles. The largest absolute Gasteiger partial charge is 0.494 e. The third-order valence-electron chi connectivity index (χ3n) is 6.72. The number of hydrogen-bond donors (Lipinski definition) is 2. The highest BCUT2D eigenvalue weighted by Crippen LogP contribution is 2.33. The van der Waals surface area contributed by atoms with E-state index >= 15 is 0 Å². The van der Waals surface area contributed by atoms with Crippen LogP contribution in [0.3, 0.4) is 0 Å². The summed E-state index contributed by atoms with van der Waals surface area (Å²) >= 11 is 0. The van der Waals surface area contributed by atoms with E-state index < -0.39 is 11.9 Å².